The smallest absolute Gasteiger partial charge is 0.225 e. The molecule has 5 heteroatoms. The first-order valence-corrected chi connectivity index (χ1v) is 6.57. The van der Waals surface area contributed by atoms with E-state index in [0.717, 1.165) is 31.8 Å². The molecule has 1 atom stereocenters. The van der Waals surface area contributed by atoms with Crippen LogP contribution in [-0.2, 0) is 17.3 Å². The summed E-state index contributed by atoms with van der Waals surface area (Å²) in [4.78, 5) is 14.1. The number of carbonyl (C=O) groups excluding carboxylic acids is 1. The number of hydrogen-bond acceptors (Lipinski definition) is 3. The van der Waals surface area contributed by atoms with Gasteiger partial charge in [-0.05, 0) is 12.8 Å². The van der Waals surface area contributed by atoms with Crippen molar-refractivity contribution in [2.75, 3.05) is 13.1 Å². The molecule has 2 rings (SSSR count). The fourth-order valence-corrected chi connectivity index (χ4v) is 2.80. The van der Waals surface area contributed by atoms with E-state index in [1.54, 1.807) is 6.33 Å². The summed E-state index contributed by atoms with van der Waals surface area (Å²) in [5.41, 5.74) is -0.0753. The van der Waals surface area contributed by atoms with E-state index in [0.29, 0.717) is 0 Å². The van der Waals surface area contributed by atoms with Crippen LogP contribution in [0.2, 0.25) is 0 Å². The van der Waals surface area contributed by atoms with Crippen LogP contribution in [0, 0.1) is 5.92 Å². The quantitative estimate of drug-likeness (QED) is 0.796. The van der Waals surface area contributed by atoms with Gasteiger partial charge in [0.15, 0.2) is 0 Å². The van der Waals surface area contributed by atoms with E-state index in [1.165, 1.54) is 0 Å². The maximum Gasteiger partial charge on any atom is 0.225 e. The van der Waals surface area contributed by atoms with E-state index in [4.69, 9.17) is 0 Å². The van der Waals surface area contributed by atoms with Gasteiger partial charge in [0.1, 0.15) is 12.2 Å². The van der Waals surface area contributed by atoms with Gasteiger partial charge >= 0.3 is 0 Å². The van der Waals surface area contributed by atoms with Gasteiger partial charge in [0.05, 0.1) is 0 Å². The number of likely N-dealkylation sites (tertiary alicyclic amines) is 1. The number of aryl methyl sites for hydroxylation is 1. The average Bonchev–Trinajstić information content (AvgIpc) is 2.75. The molecule has 0 spiro atoms. The minimum Gasteiger partial charge on any atom is -0.341 e. The van der Waals surface area contributed by atoms with Crippen molar-refractivity contribution in [3.8, 4) is 0 Å². The van der Waals surface area contributed by atoms with E-state index in [2.05, 4.69) is 17.1 Å². The highest BCUT2D eigenvalue weighted by Crippen LogP contribution is 2.32. The van der Waals surface area contributed by atoms with Crippen molar-refractivity contribution >= 4 is 5.91 Å². The van der Waals surface area contributed by atoms with Gasteiger partial charge in [-0.25, -0.2) is 0 Å². The van der Waals surface area contributed by atoms with Crippen LogP contribution in [0.5, 0.6) is 0 Å². The molecule has 1 aromatic rings. The Labute approximate surface area is 108 Å². The summed E-state index contributed by atoms with van der Waals surface area (Å²) in [6, 6.07) is 0. The lowest BCUT2D eigenvalue weighted by Crippen LogP contribution is -2.49. The highest BCUT2D eigenvalue weighted by molar-refractivity contribution is 5.78. The summed E-state index contributed by atoms with van der Waals surface area (Å²) in [5, 5.41) is 8.18. The standard InChI is InChI=1S/C13H22N4O/c1-10(2)11(18)17-7-5-6-13(3,8-17)12-15-14-9-16(12)4/h9-10H,5-8H2,1-4H3/t13-/m0/s1. The minimum atomic E-state index is -0.0753. The number of piperidine rings is 1. The minimum absolute atomic E-state index is 0.0619. The van der Waals surface area contributed by atoms with E-state index < -0.39 is 0 Å². The Morgan fingerprint density at radius 1 is 1.50 bits per heavy atom. The fraction of sp³-hybridized carbons (Fsp3) is 0.769. The topological polar surface area (TPSA) is 51.0 Å². The molecule has 1 fully saturated rings. The van der Waals surface area contributed by atoms with Crippen molar-refractivity contribution in [3.63, 3.8) is 0 Å². The summed E-state index contributed by atoms with van der Waals surface area (Å²) in [7, 11) is 1.96. The molecule has 0 saturated carbocycles. The van der Waals surface area contributed by atoms with Crippen molar-refractivity contribution in [1.29, 1.82) is 0 Å². The summed E-state index contributed by atoms with van der Waals surface area (Å²) in [5.74, 6) is 1.28. The van der Waals surface area contributed by atoms with Gasteiger partial charge in [-0.2, -0.15) is 0 Å². The normalized spacial score (nSPS) is 24.6. The lowest BCUT2D eigenvalue weighted by Gasteiger charge is -2.40. The first-order chi connectivity index (χ1) is 8.44. The molecule has 18 heavy (non-hydrogen) atoms. The van der Waals surface area contributed by atoms with Gasteiger partial charge in [0, 0.05) is 31.5 Å². The van der Waals surface area contributed by atoms with Gasteiger partial charge in [-0.3, -0.25) is 4.79 Å². The van der Waals surface area contributed by atoms with Gasteiger partial charge in [-0.1, -0.05) is 20.8 Å². The number of hydrogen-bond donors (Lipinski definition) is 0. The number of nitrogens with zero attached hydrogens (tertiary/aromatic N) is 4. The van der Waals surface area contributed by atoms with Crippen molar-refractivity contribution in [2.45, 2.75) is 39.0 Å². The second-order valence-electron chi connectivity index (χ2n) is 5.84. The molecule has 0 radical (unpaired) electrons. The first kappa shape index (κ1) is 13.1. The van der Waals surface area contributed by atoms with Gasteiger partial charge < -0.3 is 9.47 Å². The molecule has 0 bridgehead atoms. The second-order valence-corrected chi connectivity index (χ2v) is 5.84. The van der Waals surface area contributed by atoms with Crippen molar-refractivity contribution in [3.05, 3.63) is 12.2 Å². The van der Waals surface area contributed by atoms with Crippen molar-refractivity contribution < 1.29 is 4.79 Å². The highest BCUT2D eigenvalue weighted by Gasteiger charge is 2.38. The second kappa shape index (κ2) is 4.71. The monoisotopic (exact) mass is 250 g/mol. The predicted octanol–water partition coefficient (Wildman–Crippen LogP) is 1.35. The van der Waals surface area contributed by atoms with Crippen LogP contribution in [0.15, 0.2) is 6.33 Å². The molecule has 0 N–H and O–H groups in total. The van der Waals surface area contributed by atoms with E-state index in [9.17, 15) is 4.79 Å². The van der Waals surface area contributed by atoms with Gasteiger partial charge in [-0.15, -0.1) is 10.2 Å². The molecule has 1 aliphatic rings. The lowest BCUT2D eigenvalue weighted by molar-refractivity contribution is -0.136. The molecule has 1 amide bonds. The molecule has 1 aromatic heterocycles. The number of rotatable bonds is 2. The SMILES string of the molecule is CC(C)C(=O)N1CCC[C@](C)(c2nncn2C)C1. The summed E-state index contributed by atoms with van der Waals surface area (Å²) < 4.78 is 1.96. The third-order valence-electron chi connectivity index (χ3n) is 3.75. The molecular weight excluding hydrogens is 228 g/mol. The van der Waals surface area contributed by atoms with Crippen LogP contribution in [0.25, 0.3) is 0 Å². The Bertz CT molecular complexity index is 440. The van der Waals surface area contributed by atoms with E-state index in [-0.39, 0.29) is 17.2 Å². The van der Waals surface area contributed by atoms with Crippen LogP contribution >= 0.6 is 0 Å². The van der Waals surface area contributed by atoms with Gasteiger partial charge in [0.25, 0.3) is 0 Å². The largest absolute Gasteiger partial charge is 0.341 e. The highest BCUT2D eigenvalue weighted by atomic mass is 16.2. The Morgan fingerprint density at radius 2 is 2.22 bits per heavy atom. The first-order valence-electron chi connectivity index (χ1n) is 6.57. The zero-order valence-corrected chi connectivity index (χ0v) is 11.7. The maximum absolute atomic E-state index is 12.1. The van der Waals surface area contributed by atoms with Crippen LogP contribution < -0.4 is 0 Å². The van der Waals surface area contributed by atoms with Crippen LogP contribution in [0.1, 0.15) is 39.4 Å². The molecule has 0 aliphatic carbocycles. The van der Waals surface area contributed by atoms with Crippen molar-refractivity contribution in [1.82, 2.24) is 19.7 Å². The van der Waals surface area contributed by atoms with Crippen LogP contribution in [0.4, 0.5) is 0 Å². The molecule has 0 unspecified atom stereocenters. The lowest BCUT2D eigenvalue weighted by atomic mass is 9.80. The fourth-order valence-electron chi connectivity index (χ4n) is 2.80. The average molecular weight is 250 g/mol. The Hall–Kier alpha value is -1.39. The van der Waals surface area contributed by atoms with Crippen molar-refractivity contribution in [2.24, 2.45) is 13.0 Å². The number of aromatic nitrogens is 3. The molecule has 1 saturated heterocycles. The van der Waals surface area contributed by atoms with Gasteiger partial charge in [0.2, 0.25) is 5.91 Å². The predicted molar refractivity (Wildman–Crippen MR) is 69.0 cm³/mol. The molecular formula is C13H22N4O. The molecule has 0 aromatic carbocycles. The van der Waals surface area contributed by atoms with E-state index >= 15 is 0 Å². The molecule has 5 nitrogen and oxygen atoms in total. The van der Waals surface area contributed by atoms with E-state index in [1.807, 2.05) is 30.4 Å². The zero-order valence-electron chi connectivity index (χ0n) is 11.7. The Morgan fingerprint density at radius 3 is 2.78 bits per heavy atom. The number of amides is 1. The zero-order chi connectivity index (χ0) is 13.3. The Kier molecular flexibility index (Phi) is 3.41. The summed E-state index contributed by atoms with van der Waals surface area (Å²) in [6.07, 6.45) is 3.81. The Balaban J connectivity index is 2.20. The van der Waals surface area contributed by atoms with Crippen LogP contribution in [-0.4, -0.2) is 38.7 Å². The molecule has 100 valence electrons. The van der Waals surface area contributed by atoms with Crippen LogP contribution in [0.3, 0.4) is 0 Å². The third kappa shape index (κ3) is 2.26. The summed E-state index contributed by atoms with van der Waals surface area (Å²) in [6.45, 7) is 7.70. The molecule has 2 heterocycles. The maximum atomic E-state index is 12.1. The number of carbonyl (C=O) groups is 1. The molecule has 1 aliphatic heterocycles. The summed E-state index contributed by atoms with van der Waals surface area (Å²) >= 11 is 0. The third-order valence-corrected chi connectivity index (χ3v) is 3.75.